The SMILES string of the molecule is CC1CCNCC1NC(=O)CCc1ccc(OC(F)F)cc1. The summed E-state index contributed by atoms with van der Waals surface area (Å²) in [4.78, 5) is 12.0. The zero-order valence-corrected chi connectivity index (χ0v) is 12.6. The lowest BCUT2D eigenvalue weighted by atomic mass is 9.94. The van der Waals surface area contributed by atoms with Crippen molar-refractivity contribution < 1.29 is 18.3 Å². The van der Waals surface area contributed by atoms with E-state index in [1.54, 1.807) is 12.1 Å². The number of alkyl halides is 2. The molecule has 1 saturated heterocycles. The van der Waals surface area contributed by atoms with Crippen LogP contribution in [0, 0.1) is 5.92 Å². The molecule has 0 aliphatic carbocycles. The lowest BCUT2D eigenvalue weighted by molar-refractivity contribution is -0.122. The third-order valence-corrected chi connectivity index (χ3v) is 3.96. The summed E-state index contributed by atoms with van der Waals surface area (Å²) in [6.45, 7) is 1.14. The number of rotatable bonds is 6. The standard InChI is InChI=1S/C16H22F2N2O2/c1-11-8-9-19-10-14(11)20-15(21)7-4-12-2-5-13(6-3-12)22-16(17)18/h2-3,5-6,11,14,16,19H,4,7-10H2,1H3,(H,20,21). The molecule has 0 radical (unpaired) electrons. The van der Waals surface area contributed by atoms with Crippen molar-refractivity contribution in [2.45, 2.75) is 38.8 Å². The predicted octanol–water partition coefficient (Wildman–Crippen LogP) is 2.33. The highest BCUT2D eigenvalue weighted by Gasteiger charge is 2.22. The van der Waals surface area contributed by atoms with Gasteiger partial charge in [0, 0.05) is 19.0 Å². The van der Waals surface area contributed by atoms with Crippen LogP contribution in [0.1, 0.15) is 25.3 Å². The third kappa shape index (κ3) is 5.26. The Kier molecular flexibility index (Phi) is 6.12. The van der Waals surface area contributed by atoms with Crippen molar-refractivity contribution in [3.8, 4) is 5.75 Å². The Morgan fingerprint density at radius 1 is 1.41 bits per heavy atom. The molecule has 122 valence electrons. The molecule has 2 unspecified atom stereocenters. The minimum atomic E-state index is -2.82. The number of hydrogen-bond donors (Lipinski definition) is 2. The van der Waals surface area contributed by atoms with Crippen molar-refractivity contribution in [2.24, 2.45) is 5.92 Å². The number of amides is 1. The van der Waals surface area contributed by atoms with Gasteiger partial charge in [-0.05, 0) is 43.0 Å². The first-order chi connectivity index (χ1) is 10.5. The summed E-state index contributed by atoms with van der Waals surface area (Å²) in [5, 5.41) is 6.33. The molecule has 0 spiro atoms. The average Bonchev–Trinajstić information content (AvgIpc) is 2.48. The molecular formula is C16H22F2N2O2. The summed E-state index contributed by atoms with van der Waals surface area (Å²) in [6, 6.07) is 6.58. The zero-order valence-electron chi connectivity index (χ0n) is 12.6. The van der Waals surface area contributed by atoms with E-state index in [4.69, 9.17) is 0 Å². The van der Waals surface area contributed by atoms with E-state index in [0.29, 0.717) is 18.8 Å². The molecule has 2 atom stereocenters. The fourth-order valence-corrected chi connectivity index (χ4v) is 2.56. The number of halogens is 2. The maximum Gasteiger partial charge on any atom is 0.387 e. The molecule has 2 rings (SSSR count). The van der Waals surface area contributed by atoms with Crippen LogP contribution in [-0.2, 0) is 11.2 Å². The Morgan fingerprint density at radius 3 is 2.77 bits per heavy atom. The highest BCUT2D eigenvalue weighted by Crippen LogP contribution is 2.16. The minimum Gasteiger partial charge on any atom is -0.435 e. The van der Waals surface area contributed by atoms with Gasteiger partial charge < -0.3 is 15.4 Å². The maximum atomic E-state index is 12.0. The number of aryl methyl sites for hydroxylation is 1. The van der Waals surface area contributed by atoms with Crippen molar-refractivity contribution in [1.82, 2.24) is 10.6 Å². The van der Waals surface area contributed by atoms with Crippen LogP contribution in [0.5, 0.6) is 5.75 Å². The zero-order chi connectivity index (χ0) is 15.9. The van der Waals surface area contributed by atoms with Crippen LogP contribution >= 0.6 is 0 Å². The summed E-state index contributed by atoms with van der Waals surface area (Å²) in [5.74, 6) is 0.634. The van der Waals surface area contributed by atoms with Gasteiger partial charge in [-0.2, -0.15) is 8.78 Å². The average molecular weight is 312 g/mol. The fourth-order valence-electron chi connectivity index (χ4n) is 2.56. The number of hydrogen-bond acceptors (Lipinski definition) is 3. The van der Waals surface area contributed by atoms with Crippen molar-refractivity contribution in [1.29, 1.82) is 0 Å². The molecule has 0 aromatic heterocycles. The number of piperidine rings is 1. The lowest BCUT2D eigenvalue weighted by Gasteiger charge is -2.30. The van der Waals surface area contributed by atoms with Crippen LogP contribution in [-0.4, -0.2) is 31.7 Å². The summed E-state index contributed by atoms with van der Waals surface area (Å²) >= 11 is 0. The first kappa shape index (κ1) is 16.7. The van der Waals surface area contributed by atoms with Gasteiger partial charge in [-0.3, -0.25) is 4.79 Å². The van der Waals surface area contributed by atoms with Gasteiger partial charge in [0.05, 0.1) is 0 Å². The van der Waals surface area contributed by atoms with Gasteiger partial charge in [0.1, 0.15) is 5.75 Å². The van der Waals surface area contributed by atoms with Crippen LogP contribution in [0.15, 0.2) is 24.3 Å². The minimum absolute atomic E-state index is 0.0217. The summed E-state index contributed by atoms with van der Waals surface area (Å²) < 4.78 is 28.4. The molecular weight excluding hydrogens is 290 g/mol. The van der Waals surface area contributed by atoms with Gasteiger partial charge in [-0.15, -0.1) is 0 Å². The number of carbonyl (C=O) groups excluding carboxylic acids is 1. The number of ether oxygens (including phenoxy) is 1. The largest absolute Gasteiger partial charge is 0.435 e. The Bertz CT molecular complexity index is 480. The quantitative estimate of drug-likeness (QED) is 0.848. The van der Waals surface area contributed by atoms with Crippen molar-refractivity contribution in [3.05, 3.63) is 29.8 Å². The van der Waals surface area contributed by atoms with Crippen molar-refractivity contribution in [2.75, 3.05) is 13.1 Å². The summed E-state index contributed by atoms with van der Waals surface area (Å²) in [6.07, 6.45) is 2.03. The maximum absolute atomic E-state index is 12.0. The first-order valence-electron chi connectivity index (χ1n) is 7.58. The number of nitrogens with one attached hydrogen (secondary N) is 2. The smallest absolute Gasteiger partial charge is 0.387 e. The van der Waals surface area contributed by atoms with Crippen molar-refractivity contribution >= 4 is 5.91 Å². The second-order valence-electron chi connectivity index (χ2n) is 5.67. The molecule has 1 heterocycles. The van der Waals surface area contributed by atoms with Crippen LogP contribution in [0.2, 0.25) is 0 Å². The van der Waals surface area contributed by atoms with Gasteiger partial charge >= 0.3 is 6.61 Å². The highest BCUT2D eigenvalue weighted by molar-refractivity contribution is 5.76. The van der Waals surface area contributed by atoms with Crippen LogP contribution in [0.25, 0.3) is 0 Å². The van der Waals surface area contributed by atoms with Crippen LogP contribution < -0.4 is 15.4 Å². The molecule has 6 heteroatoms. The van der Waals surface area contributed by atoms with E-state index in [1.807, 2.05) is 0 Å². The molecule has 0 bridgehead atoms. The molecule has 4 nitrogen and oxygen atoms in total. The monoisotopic (exact) mass is 312 g/mol. The molecule has 1 fully saturated rings. The second-order valence-corrected chi connectivity index (χ2v) is 5.67. The second kappa shape index (κ2) is 8.08. The Morgan fingerprint density at radius 2 is 2.14 bits per heavy atom. The first-order valence-corrected chi connectivity index (χ1v) is 7.58. The lowest BCUT2D eigenvalue weighted by Crippen LogP contribution is -2.50. The van der Waals surface area contributed by atoms with Crippen LogP contribution in [0.3, 0.4) is 0 Å². The summed E-state index contributed by atoms with van der Waals surface area (Å²) in [7, 11) is 0. The molecule has 0 saturated carbocycles. The summed E-state index contributed by atoms with van der Waals surface area (Å²) in [5.41, 5.74) is 0.923. The fraction of sp³-hybridized carbons (Fsp3) is 0.562. The molecule has 1 aromatic carbocycles. The van der Waals surface area contributed by atoms with E-state index in [1.165, 1.54) is 12.1 Å². The Hall–Kier alpha value is -1.69. The molecule has 1 aromatic rings. The molecule has 1 aliphatic heterocycles. The Balaban J connectivity index is 1.76. The molecule has 1 amide bonds. The van der Waals surface area contributed by atoms with Gasteiger partial charge in [0.15, 0.2) is 0 Å². The van der Waals surface area contributed by atoms with E-state index in [9.17, 15) is 13.6 Å². The number of benzene rings is 1. The van der Waals surface area contributed by atoms with Gasteiger partial charge in [-0.1, -0.05) is 19.1 Å². The third-order valence-electron chi connectivity index (χ3n) is 3.96. The van der Waals surface area contributed by atoms with Crippen LogP contribution in [0.4, 0.5) is 8.78 Å². The topological polar surface area (TPSA) is 50.4 Å². The molecule has 2 N–H and O–H groups in total. The Labute approximate surface area is 129 Å². The highest BCUT2D eigenvalue weighted by atomic mass is 19.3. The van der Waals surface area contributed by atoms with E-state index in [-0.39, 0.29) is 17.7 Å². The predicted molar refractivity (Wildman–Crippen MR) is 80.0 cm³/mol. The number of carbonyl (C=O) groups is 1. The van der Waals surface area contributed by atoms with E-state index in [0.717, 1.165) is 25.1 Å². The van der Waals surface area contributed by atoms with E-state index in [2.05, 4.69) is 22.3 Å². The van der Waals surface area contributed by atoms with Gasteiger partial charge in [-0.25, -0.2) is 0 Å². The molecule has 22 heavy (non-hydrogen) atoms. The van der Waals surface area contributed by atoms with E-state index < -0.39 is 6.61 Å². The van der Waals surface area contributed by atoms with Gasteiger partial charge in [0.25, 0.3) is 0 Å². The van der Waals surface area contributed by atoms with Crippen molar-refractivity contribution in [3.63, 3.8) is 0 Å². The molecule has 1 aliphatic rings. The van der Waals surface area contributed by atoms with Gasteiger partial charge in [0.2, 0.25) is 5.91 Å². The normalized spacial score (nSPS) is 21.6. The van der Waals surface area contributed by atoms with E-state index >= 15 is 0 Å².